The van der Waals surface area contributed by atoms with E-state index in [-0.39, 0.29) is 24.2 Å². The Morgan fingerprint density at radius 2 is 1.78 bits per heavy atom. The van der Waals surface area contributed by atoms with Gasteiger partial charge in [0.15, 0.2) is 0 Å². The molecule has 0 aliphatic carbocycles. The molecule has 1 amide bonds. The SMILES string of the molecule is Cc1coc2cc3oc(=O)c(CC(=O)N[C@@H](Cc4ccc(O)cc4)C(=O)O)c(C)c3cc12. The minimum absolute atomic E-state index is 0.0322. The van der Waals surface area contributed by atoms with Crippen molar-refractivity contribution >= 4 is 33.8 Å². The number of carbonyl (C=O) groups excluding carboxylic acids is 1. The number of nitrogens with one attached hydrogen (secondary N) is 1. The molecule has 164 valence electrons. The number of fused-ring (bicyclic) bond motifs is 2. The molecule has 0 aliphatic rings. The highest BCUT2D eigenvalue weighted by molar-refractivity contribution is 5.96. The van der Waals surface area contributed by atoms with Crippen molar-refractivity contribution in [1.82, 2.24) is 5.32 Å². The highest BCUT2D eigenvalue weighted by atomic mass is 16.4. The zero-order valence-electron chi connectivity index (χ0n) is 17.5. The maximum Gasteiger partial charge on any atom is 0.340 e. The van der Waals surface area contributed by atoms with Crippen molar-refractivity contribution in [3.63, 3.8) is 0 Å². The van der Waals surface area contributed by atoms with Crippen LogP contribution < -0.4 is 10.9 Å². The van der Waals surface area contributed by atoms with Crippen LogP contribution in [0.1, 0.15) is 22.3 Å². The lowest BCUT2D eigenvalue weighted by molar-refractivity contribution is -0.141. The fourth-order valence-electron chi connectivity index (χ4n) is 3.72. The predicted molar refractivity (Wildman–Crippen MR) is 117 cm³/mol. The fraction of sp³-hybridized carbons (Fsp3) is 0.208. The van der Waals surface area contributed by atoms with Crippen LogP contribution >= 0.6 is 0 Å². The van der Waals surface area contributed by atoms with Crippen LogP contribution in [-0.4, -0.2) is 28.1 Å². The average molecular weight is 435 g/mol. The first-order valence-electron chi connectivity index (χ1n) is 9.97. The first-order chi connectivity index (χ1) is 15.2. The van der Waals surface area contributed by atoms with Gasteiger partial charge < -0.3 is 24.4 Å². The molecule has 32 heavy (non-hydrogen) atoms. The van der Waals surface area contributed by atoms with Gasteiger partial charge in [-0.3, -0.25) is 4.79 Å². The number of phenols is 1. The van der Waals surface area contributed by atoms with Crippen molar-refractivity contribution in [3.8, 4) is 5.75 Å². The molecule has 3 N–H and O–H groups in total. The molecule has 8 heteroatoms. The van der Waals surface area contributed by atoms with Gasteiger partial charge in [0.25, 0.3) is 0 Å². The summed E-state index contributed by atoms with van der Waals surface area (Å²) in [6, 6.07) is 8.36. The Morgan fingerprint density at radius 3 is 2.47 bits per heavy atom. The maximum atomic E-state index is 12.6. The van der Waals surface area contributed by atoms with Crippen molar-refractivity contribution in [2.45, 2.75) is 32.7 Å². The van der Waals surface area contributed by atoms with Gasteiger partial charge in [0.05, 0.1) is 18.2 Å². The molecule has 2 aromatic carbocycles. The number of phenolic OH excluding ortho intramolecular Hbond substituents is 1. The molecule has 0 saturated carbocycles. The molecule has 4 aromatic rings. The molecule has 0 fully saturated rings. The van der Waals surface area contributed by atoms with E-state index in [1.807, 2.05) is 13.0 Å². The number of carboxylic acid groups (broad SMARTS) is 1. The third-order valence-electron chi connectivity index (χ3n) is 5.52. The Hall–Kier alpha value is -4.07. The molecule has 2 heterocycles. The van der Waals surface area contributed by atoms with E-state index >= 15 is 0 Å². The summed E-state index contributed by atoms with van der Waals surface area (Å²) in [7, 11) is 0. The number of aryl methyl sites for hydroxylation is 2. The molecule has 8 nitrogen and oxygen atoms in total. The Balaban J connectivity index is 1.59. The number of aromatic hydroxyl groups is 1. The van der Waals surface area contributed by atoms with Crippen LogP contribution in [0.15, 0.2) is 56.3 Å². The van der Waals surface area contributed by atoms with Crippen LogP contribution in [-0.2, 0) is 22.4 Å². The number of carboxylic acids is 1. The van der Waals surface area contributed by atoms with Crippen LogP contribution in [0, 0.1) is 13.8 Å². The number of aliphatic carboxylic acids is 1. The van der Waals surface area contributed by atoms with Crippen molar-refractivity contribution in [1.29, 1.82) is 0 Å². The molecule has 2 aromatic heterocycles. The number of hydrogen-bond donors (Lipinski definition) is 3. The third-order valence-corrected chi connectivity index (χ3v) is 5.52. The highest BCUT2D eigenvalue weighted by Crippen LogP contribution is 2.28. The van der Waals surface area contributed by atoms with Gasteiger partial charge in [-0.25, -0.2) is 9.59 Å². The lowest BCUT2D eigenvalue weighted by Crippen LogP contribution is -2.43. The molecular weight excluding hydrogens is 414 g/mol. The van der Waals surface area contributed by atoms with Crippen LogP contribution in [0.3, 0.4) is 0 Å². The number of carbonyl (C=O) groups is 2. The molecule has 1 atom stereocenters. The van der Waals surface area contributed by atoms with E-state index in [9.17, 15) is 24.6 Å². The van der Waals surface area contributed by atoms with Crippen molar-refractivity contribution in [2.24, 2.45) is 0 Å². The lowest BCUT2D eigenvalue weighted by Gasteiger charge is -2.15. The standard InChI is InChI=1S/C24H21NO7/c1-12-11-31-20-10-21-17(8-16(12)20)13(2)18(24(30)32-21)9-22(27)25-19(23(28)29)7-14-3-5-15(26)6-4-14/h3-6,8,10-11,19,26H,7,9H2,1-2H3,(H,25,27)(H,28,29)/t19-/m0/s1. The molecule has 0 unspecified atom stereocenters. The summed E-state index contributed by atoms with van der Waals surface area (Å²) < 4.78 is 10.9. The van der Waals surface area contributed by atoms with E-state index in [4.69, 9.17) is 8.83 Å². The van der Waals surface area contributed by atoms with Gasteiger partial charge >= 0.3 is 11.6 Å². The quantitative estimate of drug-likeness (QED) is 0.397. The number of benzene rings is 2. The molecular formula is C24H21NO7. The third kappa shape index (κ3) is 4.07. The highest BCUT2D eigenvalue weighted by Gasteiger charge is 2.23. The maximum absolute atomic E-state index is 12.6. The lowest BCUT2D eigenvalue weighted by atomic mass is 10.0. The summed E-state index contributed by atoms with van der Waals surface area (Å²) in [5.74, 6) is -1.75. The topological polar surface area (TPSA) is 130 Å². The van der Waals surface area contributed by atoms with Gasteiger partial charge in [-0.15, -0.1) is 0 Å². The molecule has 0 spiro atoms. The van der Waals surface area contributed by atoms with E-state index in [1.54, 1.807) is 31.4 Å². The molecule has 0 bridgehead atoms. The number of hydrogen-bond acceptors (Lipinski definition) is 6. The van der Waals surface area contributed by atoms with Crippen LogP contribution in [0.2, 0.25) is 0 Å². The first-order valence-corrected chi connectivity index (χ1v) is 9.97. The average Bonchev–Trinajstić information content (AvgIpc) is 3.10. The fourth-order valence-corrected chi connectivity index (χ4v) is 3.72. The van der Waals surface area contributed by atoms with Gasteiger partial charge in [-0.05, 0) is 48.7 Å². The first kappa shape index (κ1) is 21.2. The summed E-state index contributed by atoms with van der Waals surface area (Å²) in [5.41, 5.74) is 2.64. The van der Waals surface area contributed by atoms with E-state index < -0.39 is 23.5 Å². The summed E-state index contributed by atoms with van der Waals surface area (Å²) >= 11 is 0. The second-order valence-electron chi connectivity index (χ2n) is 7.76. The van der Waals surface area contributed by atoms with E-state index in [0.717, 1.165) is 10.9 Å². The summed E-state index contributed by atoms with van der Waals surface area (Å²) in [6.45, 7) is 3.63. The zero-order valence-corrected chi connectivity index (χ0v) is 17.5. The van der Waals surface area contributed by atoms with Gasteiger partial charge in [0.2, 0.25) is 5.91 Å². The monoisotopic (exact) mass is 435 g/mol. The van der Waals surface area contributed by atoms with Crippen molar-refractivity contribution in [2.75, 3.05) is 0 Å². The minimum Gasteiger partial charge on any atom is -0.508 e. The summed E-state index contributed by atoms with van der Waals surface area (Å²) in [4.78, 5) is 36.8. The molecule has 0 aliphatic heterocycles. The zero-order chi connectivity index (χ0) is 23.0. The van der Waals surface area contributed by atoms with Gasteiger partial charge in [0, 0.05) is 23.3 Å². The van der Waals surface area contributed by atoms with E-state index in [2.05, 4.69) is 5.32 Å². The van der Waals surface area contributed by atoms with Gasteiger partial charge in [-0.2, -0.15) is 0 Å². The molecule has 0 radical (unpaired) electrons. The van der Waals surface area contributed by atoms with Gasteiger partial charge in [0.1, 0.15) is 23.0 Å². The normalized spacial score (nSPS) is 12.2. The Labute approximate surface area is 182 Å². The molecule has 0 saturated heterocycles. The number of rotatable bonds is 6. The molecule has 4 rings (SSSR count). The predicted octanol–water partition coefficient (Wildman–Crippen LogP) is 3.22. The largest absolute Gasteiger partial charge is 0.508 e. The van der Waals surface area contributed by atoms with Crippen LogP contribution in [0.25, 0.3) is 21.9 Å². The Bertz CT molecular complexity index is 1400. The van der Waals surface area contributed by atoms with E-state index in [0.29, 0.717) is 27.7 Å². The second-order valence-corrected chi connectivity index (χ2v) is 7.76. The Morgan fingerprint density at radius 1 is 1.06 bits per heavy atom. The number of furan rings is 1. The summed E-state index contributed by atoms with van der Waals surface area (Å²) in [6.07, 6.45) is 1.34. The van der Waals surface area contributed by atoms with E-state index in [1.165, 1.54) is 12.1 Å². The van der Waals surface area contributed by atoms with Crippen molar-refractivity contribution in [3.05, 3.63) is 75.3 Å². The number of amides is 1. The summed E-state index contributed by atoms with van der Waals surface area (Å²) in [5, 5.41) is 22.9. The van der Waals surface area contributed by atoms with Crippen LogP contribution in [0.4, 0.5) is 0 Å². The van der Waals surface area contributed by atoms with Crippen molar-refractivity contribution < 1.29 is 28.6 Å². The van der Waals surface area contributed by atoms with Crippen LogP contribution in [0.5, 0.6) is 5.75 Å². The minimum atomic E-state index is -1.20. The Kier molecular flexibility index (Phi) is 5.44. The smallest absolute Gasteiger partial charge is 0.340 e. The second kappa shape index (κ2) is 8.22. The van der Waals surface area contributed by atoms with Gasteiger partial charge in [-0.1, -0.05) is 12.1 Å².